The largest absolute Gasteiger partial charge is 1.00 e. The van der Waals surface area contributed by atoms with Gasteiger partial charge in [0.15, 0.2) is 0 Å². The second-order valence-corrected chi connectivity index (χ2v) is 6.78. The number of nitriles is 1. The summed E-state index contributed by atoms with van der Waals surface area (Å²) in [5.74, 6) is -1.49. The third kappa shape index (κ3) is 5.66. The molecule has 128 valence electrons. The van der Waals surface area contributed by atoms with Crippen LogP contribution in [0.2, 0.25) is 5.02 Å². The predicted octanol–water partition coefficient (Wildman–Crippen LogP) is 0.787. The van der Waals surface area contributed by atoms with E-state index in [1.807, 2.05) is 48.5 Å². The van der Waals surface area contributed by atoms with Crippen molar-refractivity contribution in [2.75, 3.05) is 5.75 Å². The van der Waals surface area contributed by atoms with E-state index in [1.165, 1.54) is 0 Å². The number of aliphatic carboxylic acids is 1. The van der Waals surface area contributed by atoms with Gasteiger partial charge in [-0.1, -0.05) is 65.8 Å². The van der Waals surface area contributed by atoms with Crippen molar-refractivity contribution in [3.63, 3.8) is 0 Å². The van der Waals surface area contributed by atoms with Crippen molar-refractivity contribution >= 4 is 29.3 Å². The van der Waals surface area contributed by atoms with Gasteiger partial charge >= 0.3 is 51.4 Å². The van der Waals surface area contributed by atoms with E-state index in [9.17, 15) is 15.2 Å². The molecule has 3 aromatic rings. The second-order valence-electron chi connectivity index (χ2n) is 5.38. The summed E-state index contributed by atoms with van der Waals surface area (Å²) in [5, 5.41) is 21.5. The summed E-state index contributed by atoms with van der Waals surface area (Å²) in [4.78, 5) is 15.4. The average molecular weight is 419 g/mol. The molecule has 27 heavy (non-hydrogen) atoms. The molecule has 4 nitrogen and oxygen atoms in total. The van der Waals surface area contributed by atoms with E-state index in [1.54, 1.807) is 12.1 Å². The van der Waals surface area contributed by atoms with Crippen molar-refractivity contribution in [1.82, 2.24) is 4.98 Å². The van der Waals surface area contributed by atoms with Crippen molar-refractivity contribution in [2.45, 2.75) is 5.03 Å². The molecular weight excluding hydrogens is 407 g/mol. The summed E-state index contributed by atoms with van der Waals surface area (Å²) in [6.45, 7) is 0. The summed E-state index contributed by atoms with van der Waals surface area (Å²) in [5.41, 5.74) is 3.36. The number of halogens is 1. The van der Waals surface area contributed by atoms with Crippen LogP contribution in [0.1, 0.15) is 5.56 Å². The van der Waals surface area contributed by atoms with Gasteiger partial charge < -0.3 is 9.90 Å². The van der Waals surface area contributed by atoms with Crippen LogP contribution in [0.4, 0.5) is 0 Å². The molecule has 0 aliphatic carbocycles. The normalized spacial score (nSPS) is 9.93. The number of carbonyl (C=O) groups excluding carboxylic acids is 1. The Balaban J connectivity index is 0.00000261. The van der Waals surface area contributed by atoms with E-state index in [0.717, 1.165) is 22.9 Å². The summed E-state index contributed by atoms with van der Waals surface area (Å²) in [7, 11) is 0. The maximum absolute atomic E-state index is 10.9. The van der Waals surface area contributed by atoms with E-state index in [0.29, 0.717) is 26.9 Å². The van der Waals surface area contributed by atoms with Gasteiger partial charge in [-0.15, -0.1) is 0 Å². The van der Waals surface area contributed by atoms with E-state index in [4.69, 9.17) is 11.6 Å². The molecule has 0 saturated heterocycles. The van der Waals surface area contributed by atoms with E-state index in [2.05, 4.69) is 11.1 Å². The smallest absolute Gasteiger partial charge is 0.549 e. The summed E-state index contributed by atoms with van der Waals surface area (Å²) in [6, 6.07) is 20.6. The number of nitrogens with zero attached hydrogens (tertiary/aromatic N) is 2. The SMILES string of the molecule is N#Cc1c(-c2ccc(Cl)cc2)cc(-c2ccccc2)nc1SCC(=O)[O-].[K+]. The van der Waals surface area contributed by atoms with Gasteiger partial charge in [-0.05, 0) is 23.8 Å². The van der Waals surface area contributed by atoms with Crippen molar-refractivity contribution in [2.24, 2.45) is 0 Å². The zero-order valence-corrected chi connectivity index (χ0v) is 19.2. The molecule has 1 heterocycles. The number of thioether (sulfide) groups is 1. The van der Waals surface area contributed by atoms with Crippen LogP contribution in [0.5, 0.6) is 0 Å². The van der Waals surface area contributed by atoms with Crippen LogP contribution in [-0.4, -0.2) is 16.7 Å². The molecule has 0 saturated carbocycles. The molecule has 0 aliphatic heterocycles. The molecule has 1 aromatic heterocycles. The first kappa shape index (κ1) is 22.1. The third-order valence-corrected chi connectivity index (χ3v) is 4.85. The molecule has 7 heteroatoms. The van der Waals surface area contributed by atoms with Crippen LogP contribution >= 0.6 is 23.4 Å². The van der Waals surface area contributed by atoms with E-state index < -0.39 is 5.97 Å². The fraction of sp³-hybridized carbons (Fsp3) is 0.0500. The average Bonchev–Trinajstić information content (AvgIpc) is 2.67. The maximum atomic E-state index is 10.9. The van der Waals surface area contributed by atoms with Crippen LogP contribution in [0, 0.1) is 11.3 Å². The van der Waals surface area contributed by atoms with Gasteiger partial charge in [0.05, 0.1) is 17.2 Å². The molecule has 0 amide bonds. The van der Waals surface area contributed by atoms with Gasteiger partial charge in [0.25, 0.3) is 0 Å². The number of hydrogen-bond acceptors (Lipinski definition) is 5. The Hall–Kier alpha value is -1.17. The van der Waals surface area contributed by atoms with Crippen LogP contribution in [0.25, 0.3) is 22.4 Å². The molecule has 0 bridgehead atoms. The monoisotopic (exact) mass is 418 g/mol. The van der Waals surface area contributed by atoms with E-state index >= 15 is 0 Å². The molecule has 0 radical (unpaired) electrons. The second kappa shape index (κ2) is 10.4. The number of carboxylic acids is 1. The molecule has 2 aromatic carbocycles. The van der Waals surface area contributed by atoms with Crippen LogP contribution < -0.4 is 56.5 Å². The standard InChI is InChI=1S/C20H13ClN2O2S.K/c21-15-8-6-13(7-9-15)16-10-18(14-4-2-1-3-5-14)23-20(17(16)11-22)26-12-19(24)25;/h1-10H,12H2,(H,24,25);/q;+1/p-1. The van der Waals surface area contributed by atoms with Gasteiger partial charge in [-0.3, -0.25) is 0 Å². The first-order chi connectivity index (χ1) is 12.6. The van der Waals surface area contributed by atoms with Crippen molar-refractivity contribution in [3.8, 4) is 28.5 Å². The predicted molar refractivity (Wildman–Crippen MR) is 101 cm³/mol. The van der Waals surface area contributed by atoms with Gasteiger partial charge in [-0.25, -0.2) is 4.98 Å². The Morgan fingerprint density at radius 1 is 1.11 bits per heavy atom. The molecule has 0 atom stereocenters. The minimum Gasteiger partial charge on any atom is -0.549 e. The Labute approximate surface area is 209 Å². The molecule has 0 spiro atoms. The minimum absolute atomic E-state index is 0. The number of hydrogen-bond donors (Lipinski definition) is 0. The number of carbonyl (C=O) groups is 1. The van der Waals surface area contributed by atoms with E-state index in [-0.39, 0.29) is 57.1 Å². The Kier molecular flexibility index (Phi) is 8.51. The van der Waals surface area contributed by atoms with Crippen LogP contribution in [0.3, 0.4) is 0 Å². The first-order valence-corrected chi connectivity index (χ1v) is 9.04. The Bertz CT molecular complexity index is 989. The van der Waals surface area contributed by atoms with Gasteiger partial charge in [0, 0.05) is 21.9 Å². The summed E-state index contributed by atoms with van der Waals surface area (Å²) in [6.07, 6.45) is 0. The number of benzene rings is 2. The van der Waals surface area contributed by atoms with Crippen LogP contribution in [0.15, 0.2) is 65.7 Å². The number of pyridine rings is 1. The molecular formula is C20H12ClKN2O2S. The quantitative estimate of drug-likeness (QED) is 0.452. The molecule has 0 aliphatic rings. The summed E-state index contributed by atoms with van der Waals surface area (Å²) >= 11 is 6.94. The van der Waals surface area contributed by atoms with Crippen molar-refractivity contribution < 1.29 is 61.3 Å². The number of rotatable bonds is 5. The number of carboxylic acid groups (broad SMARTS) is 1. The van der Waals surface area contributed by atoms with Gasteiger partial charge in [-0.2, -0.15) is 5.26 Å². The third-order valence-electron chi connectivity index (χ3n) is 3.65. The zero-order valence-electron chi connectivity index (χ0n) is 14.5. The van der Waals surface area contributed by atoms with Gasteiger partial charge in [0.2, 0.25) is 0 Å². The molecule has 3 rings (SSSR count). The fourth-order valence-electron chi connectivity index (χ4n) is 2.48. The Morgan fingerprint density at radius 3 is 2.37 bits per heavy atom. The molecule has 0 N–H and O–H groups in total. The fourth-order valence-corrected chi connectivity index (χ4v) is 3.32. The molecule has 0 unspecified atom stereocenters. The molecule has 0 fully saturated rings. The topological polar surface area (TPSA) is 76.8 Å². The minimum atomic E-state index is -1.21. The number of aromatic nitrogens is 1. The first-order valence-electron chi connectivity index (χ1n) is 7.67. The Morgan fingerprint density at radius 2 is 1.78 bits per heavy atom. The van der Waals surface area contributed by atoms with Gasteiger partial charge in [0.1, 0.15) is 11.1 Å². The van der Waals surface area contributed by atoms with Crippen molar-refractivity contribution in [1.29, 1.82) is 5.26 Å². The van der Waals surface area contributed by atoms with Crippen LogP contribution in [-0.2, 0) is 4.79 Å². The maximum Gasteiger partial charge on any atom is 1.00 e. The van der Waals surface area contributed by atoms with Crippen molar-refractivity contribution in [3.05, 3.63) is 71.2 Å². The summed E-state index contributed by atoms with van der Waals surface area (Å²) < 4.78 is 0. The zero-order chi connectivity index (χ0) is 18.5.